The van der Waals surface area contributed by atoms with Crippen LogP contribution in [0.3, 0.4) is 0 Å². The van der Waals surface area contributed by atoms with Gasteiger partial charge in [-0.2, -0.15) is 0 Å². The zero-order valence-corrected chi connectivity index (χ0v) is 11.5. The lowest BCUT2D eigenvalue weighted by molar-refractivity contribution is 0.352. The van der Waals surface area contributed by atoms with Crippen LogP contribution in [0.5, 0.6) is 11.5 Å². The maximum absolute atomic E-state index is 10.3. The number of rotatable bonds is 3. The maximum Gasteiger partial charge on any atom is 0.163 e. The summed E-state index contributed by atoms with van der Waals surface area (Å²) in [6.45, 7) is 6.23. The van der Waals surface area contributed by atoms with Gasteiger partial charge in [-0.15, -0.1) is 0 Å². The molecule has 1 aromatic carbocycles. The van der Waals surface area contributed by atoms with Gasteiger partial charge in [0.05, 0.1) is 7.11 Å². The molecule has 18 heavy (non-hydrogen) atoms. The number of piperidine rings is 1. The van der Waals surface area contributed by atoms with Crippen molar-refractivity contribution in [2.24, 2.45) is 5.92 Å². The summed E-state index contributed by atoms with van der Waals surface area (Å²) in [6, 6.07) is 2.10. The molecule has 1 aromatic rings. The molecule has 100 valence electrons. The summed E-state index contributed by atoms with van der Waals surface area (Å²) >= 11 is 0. The molecular formula is C15H23NO2. The van der Waals surface area contributed by atoms with Crippen molar-refractivity contribution in [1.29, 1.82) is 0 Å². The minimum absolute atomic E-state index is 0.325. The summed E-state index contributed by atoms with van der Waals surface area (Å²) in [7, 11) is 1.62. The van der Waals surface area contributed by atoms with Gasteiger partial charge in [-0.25, -0.2) is 0 Å². The number of aromatic hydroxyl groups is 1. The average molecular weight is 249 g/mol. The van der Waals surface area contributed by atoms with Crippen molar-refractivity contribution in [1.82, 2.24) is 5.32 Å². The van der Waals surface area contributed by atoms with Gasteiger partial charge in [0.2, 0.25) is 0 Å². The number of benzene rings is 1. The molecular weight excluding hydrogens is 226 g/mol. The van der Waals surface area contributed by atoms with Gasteiger partial charge in [0.1, 0.15) is 0 Å². The summed E-state index contributed by atoms with van der Waals surface area (Å²) in [4.78, 5) is 0. The van der Waals surface area contributed by atoms with E-state index in [0.29, 0.717) is 17.4 Å². The molecule has 2 N–H and O–H groups in total. The molecule has 0 saturated carbocycles. The van der Waals surface area contributed by atoms with E-state index >= 15 is 0 Å². The number of hydrogen-bond acceptors (Lipinski definition) is 3. The monoisotopic (exact) mass is 249 g/mol. The zero-order valence-electron chi connectivity index (χ0n) is 11.5. The predicted molar refractivity (Wildman–Crippen MR) is 73.4 cm³/mol. The Morgan fingerprint density at radius 3 is 2.83 bits per heavy atom. The summed E-state index contributed by atoms with van der Waals surface area (Å²) in [5, 5.41) is 13.7. The molecule has 1 saturated heterocycles. The summed E-state index contributed by atoms with van der Waals surface area (Å²) < 4.78 is 5.32. The SMILES string of the molecule is COc1c(C)c(C)cc(CC2CCCNC2)c1O. The van der Waals surface area contributed by atoms with Crippen LogP contribution in [0.4, 0.5) is 0 Å². The maximum atomic E-state index is 10.3. The average Bonchev–Trinajstić information content (AvgIpc) is 2.38. The molecule has 0 aromatic heterocycles. The van der Waals surface area contributed by atoms with Gasteiger partial charge in [-0.1, -0.05) is 6.07 Å². The number of methoxy groups -OCH3 is 1. The lowest BCUT2D eigenvalue weighted by Gasteiger charge is -2.24. The van der Waals surface area contributed by atoms with Crippen LogP contribution in [0.2, 0.25) is 0 Å². The van der Waals surface area contributed by atoms with E-state index in [9.17, 15) is 5.11 Å². The zero-order chi connectivity index (χ0) is 13.1. The standard InChI is InChI=1S/C15H23NO2/c1-10-7-13(8-12-5-4-6-16-9-12)14(17)15(18-3)11(10)2/h7,12,16-17H,4-6,8-9H2,1-3H3. The predicted octanol–water partition coefficient (Wildman–Crippen LogP) is 2.56. The van der Waals surface area contributed by atoms with Crippen LogP contribution in [-0.2, 0) is 6.42 Å². The van der Waals surface area contributed by atoms with Crippen LogP contribution in [0, 0.1) is 19.8 Å². The number of nitrogens with one attached hydrogen (secondary N) is 1. The Morgan fingerprint density at radius 2 is 2.22 bits per heavy atom. The number of aryl methyl sites for hydroxylation is 1. The molecule has 3 heteroatoms. The quantitative estimate of drug-likeness (QED) is 0.865. The fraction of sp³-hybridized carbons (Fsp3) is 0.600. The van der Waals surface area contributed by atoms with E-state index in [1.165, 1.54) is 18.4 Å². The lowest BCUT2D eigenvalue weighted by atomic mass is 9.90. The van der Waals surface area contributed by atoms with E-state index in [0.717, 1.165) is 30.6 Å². The van der Waals surface area contributed by atoms with Crippen LogP contribution in [-0.4, -0.2) is 25.3 Å². The van der Waals surface area contributed by atoms with Crippen LogP contribution >= 0.6 is 0 Å². The Bertz CT molecular complexity index is 423. The number of hydrogen-bond donors (Lipinski definition) is 2. The molecule has 0 amide bonds. The van der Waals surface area contributed by atoms with Crippen LogP contribution in [0.15, 0.2) is 6.07 Å². The van der Waals surface area contributed by atoms with Crippen molar-refractivity contribution >= 4 is 0 Å². The molecule has 1 heterocycles. The molecule has 2 rings (SSSR count). The molecule has 1 aliphatic rings. The van der Waals surface area contributed by atoms with Crippen molar-refractivity contribution < 1.29 is 9.84 Å². The van der Waals surface area contributed by atoms with Crippen LogP contribution in [0.1, 0.15) is 29.5 Å². The number of ether oxygens (including phenoxy) is 1. The minimum atomic E-state index is 0.325. The van der Waals surface area contributed by atoms with Gasteiger partial charge in [0.15, 0.2) is 11.5 Å². The highest BCUT2D eigenvalue weighted by atomic mass is 16.5. The second-order valence-corrected chi connectivity index (χ2v) is 5.28. The third kappa shape index (κ3) is 2.61. The van der Waals surface area contributed by atoms with Crippen molar-refractivity contribution in [3.8, 4) is 11.5 Å². The highest BCUT2D eigenvalue weighted by Gasteiger charge is 2.19. The molecule has 0 spiro atoms. The number of phenolic OH excluding ortho intramolecular Hbond substituents is 1. The second-order valence-electron chi connectivity index (χ2n) is 5.28. The minimum Gasteiger partial charge on any atom is -0.504 e. The number of phenols is 1. The molecule has 1 aliphatic heterocycles. The van der Waals surface area contributed by atoms with E-state index in [1.54, 1.807) is 7.11 Å². The Hall–Kier alpha value is -1.22. The van der Waals surface area contributed by atoms with Crippen LogP contribution < -0.4 is 10.1 Å². The van der Waals surface area contributed by atoms with Crippen molar-refractivity contribution in [2.75, 3.05) is 20.2 Å². The van der Waals surface area contributed by atoms with Gasteiger partial charge >= 0.3 is 0 Å². The molecule has 0 radical (unpaired) electrons. The van der Waals surface area contributed by atoms with E-state index < -0.39 is 0 Å². The first-order valence-electron chi connectivity index (χ1n) is 6.70. The lowest BCUT2D eigenvalue weighted by Crippen LogP contribution is -2.30. The molecule has 1 fully saturated rings. The first kappa shape index (κ1) is 13.2. The van der Waals surface area contributed by atoms with Crippen molar-refractivity contribution in [3.63, 3.8) is 0 Å². The molecule has 1 unspecified atom stereocenters. The molecule has 3 nitrogen and oxygen atoms in total. The third-order valence-corrected chi connectivity index (χ3v) is 3.95. The first-order valence-corrected chi connectivity index (χ1v) is 6.70. The van der Waals surface area contributed by atoms with E-state index in [2.05, 4.69) is 18.3 Å². The van der Waals surface area contributed by atoms with Gasteiger partial charge in [-0.3, -0.25) is 0 Å². The normalized spacial score (nSPS) is 19.8. The van der Waals surface area contributed by atoms with Crippen molar-refractivity contribution in [2.45, 2.75) is 33.1 Å². The fourth-order valence-electron chi connectivity index (χ4n) is 2.76. The second kappa shape index (κ2) is 5.61. The van der Waals surface area contributed by atoms with E-state index in [-0.39, 0.29) is 0 Å². The van der Waals surface area contributed by atoms with Gasteiger partial charge in [0, 0.05) is 0 Å². The molecule has 0 aliphatic carbocycles. The third-order valence-electron chi connectivity index (χ3n) is 3.95. The summed E-state index contributed by atoms with van der Waals surface area (Å²) in [5.74, 6) is 1.58. The first-order chi connectivity index (χ1) is 8.63. The van der Waals surface area contributed by atoms with Gasteiger partial charge < -0.3 is 15.2 Å². The highest BCUT2D eigenvalue weighted by molar-refractivity contribution is 5.54. The van der Waals surface area contributed by atoms with Crippen molar-refractivity contribution in [3.05, 3.63) is 22.8 Å². The van der Waals surface area contributed by atoms with Gasteiger partial charge in [0.25, 0.3) is 0 Å². The van der Waals surface area contributed by atoms with E-state index in [1.807, 2.05) is 6.92 Å². The Morgan fingerprint density at radius 1 is 1.44 bits per heavy atom. The Labute approximate surface area is 109 Å². The summed E-state index contributed by atoms with van der Waals surface area (Å²) in [5.41, 5.74) is 3.23. The van der Waals surface area contributed by atoms with E-state index in [4.69, 9.17) is 4.74 Å². The topological polar surface area (TPSA) is 41.5 Å². The Balaban J connectivity index is 2.24. The van der Waals surface area contributed by atoms with Crippen LogP contribution in [0.25, 0.3) is 0 Å². The van der Waals surface area contributed by atoms with Gasteiger partial charge in [-0.05, 0) is 68.8 Å². The smallest absolute Gasteiger partial charge is 0.163 e. The molecule has 0 bridgehead atoms. The molecule has 1 atom stereocenters. The largest absolute Gasteiger partial charge is 0.504 e. The fourth-order valence-corrected chi connectivity index (χ4v) is 2.76. The highest BCUT2D eigenvalue weighted by Crippen LogP contribution is 2.37. The summed E-state index contributed by atoms with van der Waals surface area (Å²) in [6.07, 6.45) is 3.39. The Kier molecular flexibility index (Phi) is 4.12.